The fraction of sp³-hybridized carbons (Fsp3) is 0.0833. The summed E-state index contributed by atoms with van der Waals surface area (Å²) in [5.74, 6) is 1.19. The number of carbonyl (C=O) groups excluding carboxylic acids is 1. The minimum absolute atomic E-state index is 0.160. The number of aromatic nitrogens is 4. The summed E-state index contributed by atoms with van der Waals surface area (Å²) in [7, 11) is 0. The molecule has 33 heavy (non-hydrogen) atoms. The minimum atomic E-state index is -0.160. The number of amides is 1. The summed E-state index contributed by atoms with van der Waals surface area (Å²) in [4.78, 5) is 17.2. The van der Waals surface area contributed by atoms with Crippen molar-refractivity contribution in [3.05, 3.63) is 83.9 Å². The van der Waals surface area contributed by atoms with Gasteiger partial charge in [-0.3, -0.25) is 9.36 Å². The summed E-state index contributed by atoms with van der Waals surface area (Å²) in [5, 5.41) is 14.6. The number of nitrogens with zero attached hydrogens (tertiary/aromatic N) is 4. The Morgan fingerprint density at radius 1 is 1.06 bits per heavy atom. The zero-order valence-electron chi connectivity index (χ0n) is 17.6. The second kappa shape index (κ2) is 9.43. The molecule has 7 nitrogen and oxygen atoms in total. The number of carbonyl (C=O) groups is 1. The van der Waals surface area contributed by atoms with Gasteiger partial charge in [0.25, 0.3) is 0 Å². The number of para-hydroxylation sites is 1. The number of thiazole rings is 1. The van der Waals surface area contributed by atoms with Crippen LogP contribution in [0.15, 0.2) is 87.9 Å². The van der Waals surface area contributed by atoms with Crippen molar-refractivity contribution < 1.29 is 9.21 Å². The van der Waals surface area contributed by atoms with Crippen LogP contribution in [0, 0.1) is 6.92 Å². The molecule has 0 atom stereocenters. The largest absolute Gasteiger partial charge is 0.461 e. The highest BCUT2D eigenvalue weighted by molar-refractivity contribution is 7.99. The van der Waals surface area contributed by atoms with Crippen LogP contribution in [0.25, 0.3) is 28.5 Å². The molecule has 0 radical (unpaired) electrons. The Labute approximate surface area is 198 Å². The van der Waals surface area contributed by atoms with Gasteiger partial charge >= 0.3 is 0 Å². The lowest BCUT2D eigenvalue weighted by Crippen LogP contribution is -2.14. The maximum absolute atomic E-state index is 12.6. The second-order valence-electron chi connectivity index (χ2n) is 7.20. The predicted molar refractivity (Wildman–Crippen MR) is 131 cm³/mol. The molecule has 0 aliphatic carbocycles. The fourth-order valence-corrected chi connectivity index (χ4v) is 4.70. The number of furan rings is 1. The van der Waals surface area contributed by atoms with Gasteiger partial charge in [0, 0.05) is 16.6 Å². The average Bonchev–Trinajstić information content (AvgIpc) is 3.59. The van der Waals surface area contributed by atoms with Crippen molar-refractivity contribution >= 4 is 34.1 Å². The van der Waals surface area contributed by atoms with Crippen molar-refractivity contribution in [1.82, 2.24) is 19.7 Å². The number of aryl methyl sites for hydroxylation is 1. The molecule has 0 fully saturated rings. The first-order chi connectivity index (χ1) is 16.2. The Morgan fingerprint density at radius 2 is 1.88 bits per heavy atom. The van der Waals surface area contributed by atoms with E-state index in [1.54, 1.807) is 12.3 Å². The Kier molecular flexibility index (Phi) is 6.05. The van der Waals surface area contributed by atoms with Crippen LogP contribution in [0.5, 0.6) is 0 Å². The second-order valence-corrected chi connectivity index (χ2v) is 9.00. The van der Waals surface area contributed by atoms with Gasteiger partial charge in [-0.2, -0.15) is 0 Å². The molecule has 0 saturated heterocycles. The van der Waals surface area contributed by atoms with E-state index in [4.69, 9.17) is 4.42 Å². The first-order valence-electron chi connectivity index (χ1n) is 10.2. The van der Waals surface area contributed by atoms with E-state index in [0.717, 1.165) is 16.9 Å². The van der Waals surface area contributed by atoms with Crippen molar-refractivity contribution in [3.8, 4) is 28.5 Å². The van der Waals surface area contributed by atoms with Gasteiger partial charge in [0.15, 0.2) is 16.0 Å². The molecule has 0 saturated carbocycles. The van der Waals surface area contributed by atoms with Gasteiger partial charge in [0.1, 0.15) is 0 Å². The van der Waals surface area contributed by atoms with E-state index in [-0.39, 0.29) is 11.7 Å². The molecule has 0 bridgehead atoms. The lowest BCUT2D eigenvalue weighted by atomic mass is 10.1. The third-order valence-corrected chi connectivity index (χ3v) is 6.51. The molecule has 164 valence electrons. The lowest BCUT2D eigenvalue weighted by Gasteiger charge is -2.08. The average molecular weight is 474 g/mol. The smallest absolute Gasteiger partial charge is 0.236 e. The summed E-state index contributed by atoms with van der Waals surface area (Å²) in [6, 6.07) is 21.5. The monoisotopic (exact) mass is 473 g/mol. The predicted octanol–water partition coefficient (Wildman–Crippen LogP) is 5.69. The summed E-state index contributed by atoms with van der Waals surface area (Å²) in [5.41, 5.74) is 3.94. The van der Waals surface area contributed by atoms with E-state index in [2.05, 4.69) is 20.5 Å². The molecule has 1 N–H and O–H groups in total. The zero-order valence-corrected chi connectivity index (χ0v) is 19.3. The number of rotatable bonds is 7. The molecule has 1 amide bonds. The van der Waals surface area contributed by atoms with Crippen molar-refractivity contribution in [2.75, 3.05) is 11.1 Å². The van der Waals surface area contributed by atoms with Gasteiger partial charge in [-0.25, -0.2) is 4.98 Å². The van der Waals surface area contributed by atoms with Gasteiger partial charge < -0.3 is 9.73 Å². The third kappa shape index (κ3) is 4.74. The first-order valence-corrected chi connectivity index (χ1v) is 12.0. The van der Waals surface area contributed by atoms with Crippen LogP contribution in [-0.2, 0) is 4.79 Å². The number of nitrogens with one attached hydrogen (secondary N) is 1. The summed E-state index contributed by atoms with van der Waals surface area (Å²) in [6.07, 6.45) is 1.60. The van der Waals surface area contributed by atoms with E-state index < -0.39 is 0 Å². The number of benzene rings is 2. The Balaban J connectivity index is 1.30. The fourth-order valence-electron chi connectivity index (χ4n) is 3.21. The number of hydrogen-bond donors (Lipinski definition) is 1. The van der Waals surface area contributed by atoms with Crippen LogP contribution >= 0.6 is 23.1 Å². The molecule has 0 aliphatic rings. The Bertz CT molecular complexity index is 1360. The van der Waals surface area contributed by atoms with Crippen LogP contribution in [0.3, 0.4) is 0 Å². The molecule has 0 aliphatic heterocycles. The molecule has 3 heterocycles. The van der Waals surface area contributed by atoms with Crippen LogP contribution < -0.4 is 5.32 Å². The number of hydrogen-bond acceptors (Lipinski definition) is 7. The minimum Gasteiger partial charge on any atom is -0.461 e. The van der Waals surface area contributed by atoms with E-state index >= 15 is 0 Å². The summed E-state index contributed by atoms with van der Waals surface area (Å²) in [6.45, 7) is 2.05. The Hall–Kier alpha value is -3.69. The van der Waals surface area contributed by atoms with E-state index in [1.807, 2.05) is 77.5 Å². The Morgan fingerprint density at radius 3 is 2.64 bits per heavy atom. The van der Waals surface area contributed by atoms with Crippen molar-refractivity contribution in [3.63, 3.8) is 0 Å². The first kappa shape index (κ1) is 21.2. The van der Waals surface area contributed by atoms with Gasteiger partial charge in [-0.15, -0.1) is 21.5 Å². The standard InChI is InChI=1S/C24H19N5O2S2/c1-16-9-11-17(12-10-16)19-14-32-23(25-19)26-21(30)15-33-24-28-27-22(20-8-5-13-31-20)29(24)18-6-3-2-4-7-18/h2-14H,15H2,1H3,(H,25,26,30). The molecule has 5 aromatic rings. The SMILES string of the molecule is Cc1ccc(-c2csc(NC(=O)CSc3nnc(-c4ccco4)n3-c3ccccc3)n2)cc1. The van der Waals surface area contributed by atoms with Crippen molar-refractivity contribution in [1.29, 1.82) is 0 Å². The maximum Gasteiger partial charge on any atom is 0.236 e. The van der Waals surface area contributed by atoms with Crippen LogP contribution in [0.1, 0.15) is 5.56 Å². The van der Waals surface area contributed by atoms with Crippen LogP contribution in [-0.4, -0.2) is 31.4 Å². The van der Waals surface area contributed by atoms with Crippen LogP contribution in [0.4, 0.5) is 5.13 Å². The van der Waals surface area contributed by atoms with Gasteiger partial charge in [0.2, 0.25) is 11.7 Å². The van der Waals surface area contributed by atoms with Gasteiger partial charge in [0.05, 0.1) is 17.7 Å². The molecule has 9 heteroatoms. The molecule has 2 aromatic carbocycles. The highest BCUT2D eigenvalue weighted by atomic mass is 32.2. The van der Waals surface area contributed by atoms with E-state index in [9.17, 15) is 4.79 Å². The maximum atomic E-state index is 12.6. The van der Waals surface area contributed by atoms with E-state index in [0.29, 0.717) is 21.9 Å². The van der Waals surface area contributed by atoms with Crippen LogP contribution in [0.2, 0.25) is 0 Å². The molecule has 0 spiro atoms. The normalized spacial score (nSPS) is 10.9. The third-order valence-electron chi connectivity index (χ3n) is 4.82. The van der Waals surface area contributed by atoms with Gasteiger partial charge in [-0.1, -0.05) is 59.8 Å². The molecule has 5 rings (SSSR count). The molecule has 3 aromatic heterocycles. The van der Waals surface area contributed by atoms with Crippen molar-refractivity contribution in [2.24, 2.45) is 0 Å². The van der Waals surface area contributed by atoms with E-state index in [1.165, 1.54) is 28.7 Å². The summed E-state index contributed by atoms with van der Waals surface area (Å²) < 4.78 is 7.41. The number of thioether (sulfide) groups is 1. The molecule has 0 unspecified atom stereocenters. The van der Waals surface area contributed by atoms with Gasteiger partial charge in [-0.05, 0) is 31.2 Å². The number of anilines is 1. The quantitative estimate of drug-likeness (QED) is 0.306. The highest BCUT2D eigenvalue weighted by Gasteiger charge is 2.19. The summed E-state index contributed by atoms with van der Waals surface area (Å²) >= 11 is 2.71. The lowest BCUT2D eigenvalue weighted by molar-refractivity contribution is -0.113. The molecular formula is C24H19N5O2S2. The van der Waals surface area contributed by atoms with Crippen molar-refractivity contribution in [2.45, 2.75) is 12.1 Å². The highest BCUT2D eigenvalue weighted by Crippen LogP contribution is 2.29. The molecular weight excluding hydrogens is 454 g/mol. The topological polar surface area (TPSA) is 85.8 Å². The zero-order chi connectivity index (χ0) is 22.6.